The first-order valence-electron chi connectivity index (χ1n) is 9.72. The van der Waals surface area contributed by atoms with E-state index in [4.69, 9.17) is 0 Å². The van der Waals surface area contributed by atoms with Crippen molar-refractivity contribution in [3.63, 3.8) is 0 Å². The molecule has 1 aromatic heterocycles. The van der Waals surface area contributed by atoms with Crippen molar-refractivity contribution in [1.82, 2.24) is 14.8 Å². The third-order valence-electron chi connectivity index (χ3n) is 6.26. The summed E-state index contributed by atoms with van der Waals surface area (Å²) in [5.74, 6) is 1.35. The average molecular weight is 412 g/mol. The number of hydrogen-bond acceptors (Lipinski definition) is 3. The maximum absolute atomic E-state index is 13.4. The SMILES string of the molecule is C[C@@H]1[C@@H](c2nncn2C)[C@H]1c1cccc(N2Cc3c(cccc3C(F)(F)F)C2=O)c1. The maximum atomic E-state index is 13.4. The Hall–Kier alpha value is -3.16. The van der Waals surface area contributed by atoms with Gasteiger partial charge in [-0.3, -0.25) is 4.79 Å². The number of nitrogens with zero attached hydrogens (tertiary/aromatic N) is 4. The van der Waals surface area contributed by atoms with Crippen LogP contribution >= 0.6 is 0 Å². The lowest BCUT2D eigenvalue weighted by molar-refractivity contribution is -0.138. The highest BCUT2D eigenvalue weighted by Gasteiger charge is 2.51. The van der Waals surface area contributed by atoms with E-state index in [0.29, 0.717) is 11.6 Å². The van der Waals surface area contributed by atoms with Crippen molar-refractivity contribution in [2.45, 2.75) is 31.5 Å². The number of carbonyl (C=O) groups excluding carboxylic acids is 1. The Morgan fingerprint density at radius 1 is 1.10 bits per heavy atom. The lowest BCUT2D eigenvalue weighted by atomic mass is 10.0. The zero-order valence-corrected chi connectivity index (χ0v) is 16.4. The van der Waals surface area contributed by atoms with Crippen LogP contribution in [0.1, 0.15) is 51.6 Å². The van der Waals surface area contributed by atoms with Gasteiger partial charge in [-0.15, -0.1) is 10.2 Å². The monoisotopic (exact) mass is 412 g/mol. The predicted molar refractivity (Wildman–Crippen MR) is 104 cm³/mol. The summed E-state index contributed by atoms with van der Waals surface area (Å²) >= 11 is 0. The van der Waals surface area contributed by atoms with Gasteiger partial charge >= 0.3 is 6.18 Å². The number of halogens is 3. The second-order valence-electron chi connectivity index (χ2n) is 8.03. The molecule has 2 heterocycles. The van der Waals surface area contributed by atoms with Crippen LogP contribution in [0.3, 0.4) is 0 Å². The van der Waals surface area contributed by atoms with E-state index in [1.165, 1.54) is 17.0 Å². The van der Waals surface area contributed by atoms with Crippen LogP contribution in [-0.2, 0) is 19.8 Å². The van der Waals surface area contributed by atoms with E-state index in [2.05, 4.69) is 17.1 Å². The largest absolute Gasteiger partial charge is 0.416 e. The normalized spacial score (nSPS) is 23.0. The molecular weight excluding hydrogens is 393 g/mol. The van der Waals surface area contributed by atoms with E-state index in [1.807, 2.05) is 29.8 Å². The number of rotatable bonds is 3. The van der Waals surface area contributed by atoms with Crippen LogP contribution in [0.15, 0.2) is 48.8 Å². The van der Waals surface area contributed by atoms with Crippen LogP contribution in [0.2, 0.25) is 0 Å². The molecule has 0 saturated heterocycles. The summed E-state index contributed by atoms with van der Waals surface area (Å²) in [6.07, 6.45) is -2.82. The van der Waals surface area contributed by atoms with Crippen LogP contribution in [0, 0.1) is 5.92 Å². The minimum absolute atomic E-state index is 0.0390. The number of benzene rings is 2. The smallest absolute Gasteiger partial charge is 0.320 e. The maximum Gasteiger partial charge on any atom is 0.416 e. The van der Waals surface area contributed by atoms with Gasteiger partial charge in [0.25, 0.3) is 5.91 Å². The van der Waals surface area contributed by atoms with Crippen LogP contribution < -0.4 is 4.90 Å². The lowest BCUT2D eigenvalue weighted by Crippen LogP contribution is -2.23. The highest BCUT2D eigenvalue weighted by molar-refractivity contribution is 6.10. The fourth-order valence-electron chi connectivity index (χ4n) is 4.67. The van der Waals surface area contributed by atoms with E-state index < -0.39 is 17.6 Å². The van der Waals surface area contributed by atoms with Crippen molar-refractivity contribution >= 4 is 11.6 Å². The van der Waals surface area contributed by atoms with Gasteiger partial charge in [0.15, 0.2) is 0 Å². The van der Waals surface area contributed by atoms with Gasteiger partial charge in [-0.2, -0.15) is 13.2 Å². The lowest BCUT2D eigenvalue weighted by Gasteiger charge is -2.17. The molecule has 0 bridgehead atoms. The first-order chi connectivity index (χ1) is 14.3. The molecule has 30 heavy (non-hydrogen) atoms. The van der Waals surface area contributed by atoms with Crippen molar-refractivity contribution in [3.8, 4) is 0 Å². The van der Waals surface area contributed by atoms with Crippen LogP contribution in [0.25, 0.3) is 0 Å². The zero-order valence-electron chi connectivity index (χ0n) is 16.4. The van der Waals surface area contributed by atoms with Gasteiger partial charge in [-0.05, 0) is 47.2 Å². The summed E-state index contributed by atoms with van der Waals surface area (Å²) in [5, 5.41) is 8.17. The molecule has 5 rings (SSSR count). The second-order valence-corrected chi connectivity index (χ2v) is 8.03. The van der Waals surface area contributed by atoms with E-state index in [-0.39, 0.29) is 29.5 Å². The van der Waals surface area contributed by atoms with Gasteiger partial charge in [-0.1, -0.05) is 25.1 Å². The minimum atomic E-state index is -4.49. The number of carbonyl (C=O) groups is 1. The molecule has 8 heteroatoms. The summed E-state index contributed by atoms with van der Waals surface area (Å²) in [7, 11) is 1.91. The van der Waals surface area contributed by atoms with Crippen LogP contribution in [-0.4, -0.2) is 20.7 Å². The molecule has 1 saturated carbocycles. The van der Waals surface area contributed by atoms with E-state index in [1.54, 1.807) is 12.4 Å². The standard InChI is InChI=1S/C22H19F3N4O/c1-12-18(19(12)20-27-26-11-28(20)2)13-5-3-6-14(9-13)29-10-16-15(21(29)30)7-4-8-17(16)22(23,24)25/h3-9,11-12,18-19H,10H2,1-2H3/t12-,18+,19+/m0/s1. The minimum Gasteiger partial charge on any atom is -0.320 e. The predicted octanol–water partition coefficient (Wildman–Crippen LogP) is 4.51. The van der Waals surface area contributed by atoms with Gasteiger partial charge < -0.3 is 9.47 Å². The summed E-state index contributed by atoms with van der Waals surface area (Å²) < 4.78 is 42.1. The van der Waals surface area contributed by atoms with Crippen LogP contribution in [0.4, 0.5) is 18.9 Å². The van der Waals surface area contributed by atoms with Crippen LogP contribution in [0.5, 0.6) is 0 Å². The van der Waals surface area contributed by atoms with Gasteiger partial charge in [0, 0.05) is 24.2 Å². The quantitative estimate of drug-likeness (QED) is 0.636. The van der Waals surface area contributed by atoms with Gasteiger partial charge in [-0.25, -0.2) is 0 Å². The molecule has 0 spiro atoms. The molecule has 0 radical (unpaired) electrons. The Morgan fingerprint density at radius 2 is 1.87 bits per heavy atom. The summed E-state index contributed by atoms with van der Waals surface area (Å²) in [6, 6.07) is 11.3. The van der Waals surface area contributed by atoms with Gasteiger partial charge in [0.2, 0.25) is 0 Å². The number of aromatic nitrogens is 3. The number of hydrogen-bond donors (Lipinski definition) is 0. The highest BCUT2D eigenvalue weighted by Crippen LogP contribution is 2.59. The number of aryl methyl sites for hydroxylation is 1. The zero-order chi connectivity index (χ0) is 21.2. The number of anilines is 1. The van der Waals surface area contributed by atoms with E-state index >= 15 is 0 Å². The third kappa shape index (κ3) is 2.81. The van der Waals surface area contributed by atoms with Crippen molar-refractivity contribution < 1.29 is 18.0 Å². The molecular formula is C22H19F3N4O. The summed E-state index contributed by atoms with van der Waals surface area (Å²) in [5.41, 5.74) is 1.07. The highest BCUT2D eigenvalue weighted by atomic mass is 19.4. The number of fused-ring (bicyclic) bond motifs is 1. The van der Waals surface area contributed by atoms with E-state index in [0.717, 1.165) is 17.5 Å². The number of alkyl halides is 3. The Bertz CT molecular complexity index is 1150. The topological polar surface area (TPSA) is 51.0 Å². The third-order valence-corrected chi connectivity index (χ3v) is 6.26. The van der Waals surface area contributed by atoms with Gasteiger partial charge in [0.1, 0.15) is 12.2 Å². The molecule has 1 aliphatic carbocycles. The Balaban J connectivity index is 1.46. The first-order valence-corrected chi connectivity index (χ1v) is 9.72. The molecule has 2 aliphatic rings. The molecule has 5 nitrogen and oxygen atoms in total. The first kappa shape index (κ1) is 18.8. The molecule has 1 amide bonds. The molecule has 1 aliphatic heterocycles. The summed E-state index contributed by atoms with van der Waals surface area (Å²) in [6.45, 7) is 2.06. The molecule has 1 fully saturated rings. The Kier molecular flexibility index (Phi) is 4.03. The fourth-order valence-corrected chi connectivity index (χ4v) is 4.67. The van der Waals surface area contributed by atoms with Crippen molar-refractivity contribution in [1.29, 1.82) is 0 Å². The van der Waals surface area contributed by atoms with Crippen molar-refractivity contribution in [3.05, 3.63) is 76.9 Å². The second kappa shape index (κ2) is 6.42. The molecule has 154 valence electrons. The van der Waals surface area contributed by atoms with Crippen molar-refractivity contribution in [2.75, 3.05) is 4.90 Å². The van der Waals surface area contributed by atoms with E-state index in [9.17, 15) is 18.0 Å². The fraction of sp³-hybridized carbons (Fsp3) is 0.318. The molecule has 0 N–H and O–H groups in total. The summed E-state index contributed by atoms with van der Waals surface area (Å²) in [4.78, 5) is 14.3. The molecule has 3 atom stereocenters. The number of amides is 1. The Morgan fingerprint density at radius 3 is 2.57 bits per heavy atom. The average Bonchev–Trinajstić information content (AvgIpc) is 3.01. The Labute approximate surface area is 171 Å². The van der Waals surface area contributed by atoms with Crippen molar-refractivity contribution in [2.24, 2.45) is 13.0 Å². The molecule has 2 aromatic carbocycles. The van der Waals surface area contributed by atoms with Gasteiger partial charge in [0.05, 0.1) is 12.1 Å². The molecule has 0 unspecified atom stereocenters. The molecule has 3 aromatic rings.